The van der Waals surface area contributed by atoms with Gasteiger partial charge < -0.3 is 14.8 Å². The number of benzene rings is 2. The SMILES string of the molecule is CCc1ccc(OCC(=O)Nc2ccc(Oc3ncccn3)cc2C)cc1. The average molecular weight is 363 g/mol. The molecule has 2 aromatic carbocycles. The van der Waals surface area contributed by atoms with Crippen molar-refractivity contribution in [1.29, 1.82) is 0 Å². The molecule has 0 unspecified atom stereocenters. The number of anilines is 1. The lowest BCUT2D eigenvalue weighted by Crippen LogP contribution is -2.20. The molecular formula is C21H21N3O3. The number of hydrogen-bond acceptors (Lipinski definition) is 5. The van der Waals surface area contributed by atoms with Gasteiger partial charge in [0, 0.05) is 18.1 Å². The number of carbonyl (C=O) groups excluding carboxylic acids is 1. The summed E-state index contributed by atoms with van der Waals surface area (Å²) in [7, 11) is 0. The quantitative estimate of drug-likeness (QED) is 0.682. The Morgan fingerprint density at radius 2 is 1.74 bits per heavy atom. The van der Waals surface area contributed by atoms with Crippen LogP contribution in [0.1, 0.15) is 18.1 Å². The summed E-state index contributed by atoms with van der Waals surface area (Å²) in [4.78, 5) is 20.2. The number of nitrogens with zero attached hydrogens (tertiary/aromatic N) is 2. The van der Waals surface area contributed by atoms with Gasteiger partial charge in [0.15, 0.2) is 6.61 Å². The molecule has 0 bridgehead atoms. The predicted octanol–water partition coefficient (Wildman–Crippen LogP) is 4.16. The zero-order valence-electron chi connectivity index (χ0n) is 15.3. The molecule has 0 saturated heterocycles. The van der Waals surface area contributed by atoms with Crippen molar-refractivity contribution in [2.45, 2.75) is 20.3 Å². The first-order valence-electron chi connectivity index (χ1n) is 8.71. The van der Waals surface area contributed by atoms with E-state index in [9.17, 15) is 4.79 Å². The predicted molar refractivity (Wildman–Crippen MR) is 103 cm³/mol. The Labute approximate surface area is 158 Å². The van der Waals surface area contributed by atoms with E-state index in [4.69, 9.17) is 9.47 Å². The highest BCUT2D eigenvalue weighted by Crippen LogP contribution is 2.24. The van der Waals surface area contributed by atoms with Crippen LogP contribution in [0.4, 0.5) is 5.69 Å². The van der Waals surface area contributed by atoms with E-state index in [-0.39, 0.29) is 18.5 Å². The minimum absolute atomic E-state index is 0.0545. The normalized spacial score (nSPS) is 10.3. The second-order valence-electron chi connectivity index (χ2n) is 5.94. The van der Waals surface area contributed by atoms with Crippen molar-refractivity contribution in [2.24, 2.45) is 0 Å². The Hall–Kier alpha value is -3.41. The van der Waals surface area contributed by atoms with Crippen molar-refractivity contribution in [3.05, 3.63) is 72.1 Å². The monoisotopic (exact) mass is 363 g/mol. The number of hydrogen-bond donors (Lipinski definition) is 1. The van der Waals surface area contributed by atoms with Crippen molar-refractivity contribution in [1.82, 2.24) is 9.97 Å². The molecule has 0 atom stereocenters. The van der Waals surface area contributed by atoms with E-state index in [1.165, 1.54) is 5.56 Å². The van der Waals surface area contributed by atoms with Gasteiger partial charge in [0.05, 0.1) is 0 Å². The number of aryl methyl sites for hydroxylation is 2. The van der Waals surface area contributed by atoms with Gasteiger partial charge in [0.25, 0.3) is 5.91 Å². The average Bonchev–Trinajstić information content (AvgIpc) is 2.70. The largest absolute Gasteiger partial charge is 0.484 e. The van der Waals surface area contributed by atoms with Crippen molar-refractivity contribution in [3.8, 4) is 17.5 Å². The molecule has 0 aliphatic heterocycles. The highest BCUT2D eigenvalue weighted by molar-refractivity contribution is 5.92. The molecule has 138 valence electrons. The Kier molecular flexibility index (Phi) is 5.99. The van der Waals surface area contributed by atoms with Crippen molar-refractivity contribution >= 4 is 11.6 Å². The third kappa shape index (κ3) is 5.28. The zero-order chi connectivity index (χ0) is 19.1. The molecule has 6 heteroatoms. The van der Waals surface area contributed by atoms with Crippen LogP contribution in [-0.4, -0.2) is 22.5 Å². The molecule has 0 saturated carbocycles. The summed E-state index contributed by atoms with van der Waals surface area (Å²) < 4.78 is 11.1. The molecule has 1 aromatic heterocycles. The van der Waals surface area contributed by atoms with Crippen LogP contribution in [0.3, 0.4) is 0 Å². The lowest BCUT2D eigenvalue weighted by Gasteiger charge is -2.11. The maximum absolute atomic E-state index is 12.1. The molecule has 1 N–H and O–H groups in total. The summed E-state index contributed by atoms with van der Waals surface area (Å²) in [5.74, 6) is 1.05. The number of carbonyl (C=O) groups is 1. The number of rotatable bonds is 7. The van der Waals surface area contributed by atoms with E-state index in [0.29, 0.717) is 17.2 Å². The summed E-state index contributed by atoms with van der Waals surface area (Å²) in [6.07, 6.45) is 4.19. The summed E-state index contributed by atoms with van der Waals surface area (Å²) >= 11 is 0. The van der Waals surface area contributed by atoms with Crippen LogP contribution in [0.2, 0.25) is 0 Å². The van der Waals surface area contributed by atoms with Gasteiger partial charge in [-0.2, -0.15) is 0 Å². The van der Waals surface area contributed by atoms with Gasteiger partial charge in [0.2, 0.25) is 0 Å². The molecule has 0 radical (unpaired) electrons. The highest BCUT2D eigenvalue weighted by atomic mass is 16.5. The Morgan fingerprint density at radius 3 is 2.41 bits per heavy atom. The van der Waals surface area contributed by atoms with Crippen molar-refractivity contribution < 1.29 is 14.3 Å². The van der Waals surface area contributed by atoms with Gasteiger partial charge in [0.1, 0.15) is 11.5 Å². The lowest BCUT2D eigenvalue weighted by atomic mass is 10.2. The minimum atomic E-state index is -0.224. The van der Waals surface area contributed by atoms with Crippen LogP contribution in [0.5, 0.6) is 17.5 Å². The van der Waals surface area contributed by atoms with Crippen LogP contribution in [-0.2, 0) is 11.2 Å². The number of aromatic nitrogens is 2. The summed E-state index contributed by atoms with van der Waals surface area (Å²) in [6.45, 7) is 3.93. The van der Waals surface area contributed by atoms with Crippen LogP contribution in [0, 0.1) is 6.92 Å². The number of ether oxygens (including phenoxy) is 2. The van der Waals surface area contributed by atoms with Crippen LogP contribution in [0.25, 0.3) is 0 Å². The van der Waals surface area contributed by atoms with Crippen molar-refractivity contribution in [2.75, 3.05) is 11.9 Å². The smallest absolute Gasteiger partial charge is 0.321 e. The van der Waals surface area contributed by atoms with E-state index in [1.807, 2.05) is 37.3 Å². The molecule has 0 spiro atoms. The van der Waals surface area contributed by atoms with E-state index in [1.54, 1.807) is 30.6 Å². The molecular weight excluding hydrogens is 342 g/mol. The fourth-order valence-corrected chi connectivity index (χ4v) is 2.44. The summed E-state index contributed by atoms with van der Waals surface area (Å²) in [5.41, 5.74) is 2.79. The zero-order valence-corrected chi connectivity index (χ0v) is 15.3. The first-order valence-corrected chi connectivity index (χ1v) is 8.71. The fraction of sp³-hybridized carbons (Fsp3) is 0.190. The first-order chi connectivity index (χ1) is 13.1. The molecule has 0 fully saturated rings. The third-order valence-corrected chi connectivity index (χ3v) is 3.92. The van der Waals surface area contributed by atoms with Gasteiger partial charge in [-0.25, -0.2) is 9.97 Å². The molecule has 1 amide bonds. The molecule has 3 aromatic rings. The Morgan fingerprint density at radius 1 is 1.04 bits per heavy atom. The fourth-order valence-electron chi connectivity index (χ4n) is 2.44. The molecule has 0 aliphatic carbocycles. The lowest BCUT2D eigenvalue weighted by molar-refractivity contribution is -0.118. The van der Waals surface area contributed by atoms with Gasteiger partial charge in [-0.15, -0.1) is 0 Å². The second-order valence-corrected chi connectivity index (χ2v) is 5.94. The molecule has 3 rings (SSSR count). The maximum atomic E-state index is 12.1. The van der Waals surface area contributed by atoms with Crippen molar-refractivity contribution in [3.63, 3.8) is 0 Å². The summed E-state index contributed by atoms with van der Waals surface area (Å²) in [5, 5.41) is 2.84. The minimum Gasteiger partial charge on any atom is -0.484 e. The molecule has 6 nitrogen and oxygen atoms in total. The molecule has 1 heterocycles. The molecule has 27 heavy (non-hydrogen) atoms. The van der Waals surface area contributed by atoms with E-state index in [2.05, 4.69) is 22.2 Å². The van der Waals surface area contributed by atoms with Gasteiger partial charge in [-0.3, -0.25) is 4.79 Å². The number of nitrogens with one attached hydrogen (secondary N) is 1. The van der Waals surface area contributed by atoms with Gasteiger partial charge in [-0.05, 0) is 60.9 Å². The number of amides is 1. The van der Waals surface area contributed by atoms with Crippen LogP contribution >= 0.6 is 0 Å². The van der Waals surface area contributed by atoms with Crippen LogP contribution < -0.4 is 14.8 Å². The highest BCUT2D eigenvalue weighted by Gasteiger charge is 2.08. The third-order valence-electron chi connectivity index (χ3n) is 3.92. The van der Waals surface area contributed by atoms with Crippen LogP contribution in [0.15, 0.2) is 60.9 Å². The van der Waals surface area contributed by atoms with Gasteiger partial charge in [-0.1, -0.05) is 19.1 Å². The standard InChI is InChI=1S/C21H21N3O3/c1-3-16-5-7-17(8-6-16)26-14-20(25)24-19-10-9-18(13-15(19)2)27-21-22-11-4-12-23-21/h4-13H,3,14H2,1-2H3,(H,24,25). The van der Waals surface area contributed by atoms with E-state index >= 15 is 0 Å². The Balaban J connectivity index is 1.55. The topological polar surface area (TPSA) is 73.3 Å². The maximum Gasteiger partial charge on any atom is 0.321 e. The van der Waals surface area contributed by atoms with Gasteiger partial charge >= 0.3 is 6.01 Å². The second kappa shape index (κ2) is 8.80. The molecule has 0 aliphatic rings. The van der Waals surface area contributed by atoms with E-state index < -0.39 is 0 Å². The first kappa shape index (κ1) is 18.4. The summed E-state index contributed by atoms with van der Waals surface area (Å²) in [6, 6.07) is 15.1. The van der Waals surface area contributed by atoms with E-state index in [0.717, 1.165) is 12.0 Å². The Bertz CT molecular complexity index is 896.